The molecule has 100 valence electrons. The minimum atomic E-state index is -0.821. The predicted molar refractivity (Wildman–Crippen MR) is 75.0 cm³/mol. The number of hydrogen-bond donors (Lipinski definition) is 1. The first kappa shape index (κ1) is 13.8. The Hall–Kier alpha value is -1.58. The summed E-state index contributed by atoms with van der Waals surface area (Å²) in [5.41, 5.74) is 6.99. The van der Waals surface area contributed by atoms with Gasteiger partial charge in [0.05, 0.1) is 12.6 Å². The van der Waals surface area contributed by atoms with Gasteiger partial charge in [0.15, 0.2) is 11.6 Å². The lowest BCUT2D eigenvalue weighted by atomic mass is 9.85. The number of rotatable bonds is 3. The fourth-order valence-electron chi connectivity index (χ4n) is 1.97. The minimum Gasteiger partial charge on any atom is -0.494 e. The molecule has 4 heteroatoms. The van der Waals surface area contributed by atoms with Gasteiger partial charge in [-0.05, 0) is 42.3 Å². The van der Waals surface area contributed by atoms with Gasteiger partial charge in [0.2, 0.25) is 0 Å². The molecule has 2 N–H and O–H groups in total. The van der Waals surface area contributed by atoms with Crippen molar-refractivity contribution < 1.29 is 9.13 Å². The molecule has 0 radical (unpaired) electrons. The van der Waals surface area contributed by atoms with Crippen LogP contribution in [-0.2, 0) is 5.54 Å². The zero-order valence-corrected chi connectivity index (χ0v) is 11.5. The molecule has 0 saturated heterocycles. The largest absolute Gasteiger partial charge is 0.494 e. The molecule has 2 aromatic carbocycles. The van der Waals surface area contributed by atoms with E-state index < -0.39 is 11.4 Å². The molecule has 0 saturated carbocycles. The standard InChI is InChI=1S/C15H15ClFNO/c1-15(18,10-4-3-5-12(16)8-10)11-6-7-14(19-2)13(17)9-11/h3-9H,18H2,1-2H3. The summed E-state index contributed by atoms with van der Waals surface area (Å²) in [4.78, 5) is 0. The molecule has 0 aliphatic rings. The van der Waals surface area contributed by atoms with Crippen molar-refractivity contribution in [1.29, 1.82) is 0 Å². The summed E-state index contributed by atoms with van der Waals surface area (Å²) in [6.07, 6.45) is 0. The van der Waals surface area contributed by atoms with Crippen LogP contribution >= 0.6 is 11.6 Å². The van der Waals surface area contributed by atoms with Crippen LogP contribution in [0.2, 0.25) is 5.02 Å². The molecular weight excluding hydrogens is 265 g/mol. The van der Waals surface area contributed by atoms with Crippen LogP contribution in [0.1, 0.15) is 18.1 Å². The quantitative estimate of drug-likeness (QED) is 0.929. The van der Waals surface area contributed by atoms with Crippen molar-refractivity contribution in [3.05, 3.63) is 64.4 Å². The molecule has 0 bridgehead atoms. The van der Waals surface area contributed by atoms with Crippen molar-refractivity contribution in [1.82, 2.24) is 0 Å². The van der Waals surface area contributed by atoms with Gasteiger partial charge in [-0.3, -0.25) is 0 Å². The lowest BCUT2D eigenvalue weighted by Gasteiger charge is -2.26. The first-order valence-electron chi connectivity index (χ1n) is 5.84. The number of hydrogen-bond acceptors (Lipinski definition) is 2. The zero-order valence-electron chi connectivity index (χ0n) is 10.8. The van der Waals surface area contributed by atoms with Crippen molar-refractivity contribution in [3.8, 4) is 5.75 Å². The molecule has 0 spiro atoms. The van der Waals surface area contributed by atoms with E-state index in [-0.39, 0.29) is 5.75 Å². The Morgan fingerprint density at radius 1 is 1.16 bits per heavy atom. The van der Waals surface area contributed by atoms with Gasteiger partial charge in [-0.1, -0.05) is 29.8 Å². The molecule has 19 heavy (non-hydrogen) atoms. The number of benzene rings is 2. The van der Waals surface area contributed by atoms with E-state index in [4.69, 9.17) is 22.1 Å². The smallest absolute Gasteiger partial charge is 0.165 e. The van der Waals surface area contributed by atoms with Crippen LogP contribution in [0.4, 0.5) is 4.39 Å². The van der Waals surface area contributed by atoms with Gasteiger partial charge in [0.1, 0.15) is 0 Å². The number of methoxy groups -OCH3 is 1. The lowest BCUT2D eigenvalue weighted by molar-refractivity contribution is 0.385. The monoisotopic (exact) mass is 279 g/mol. The minimum absolute atomic E-state index is 0.200. The van der Waals surface area contributed by atoms with Gasteiger partial charge in [-0.15, -0.1) is 0 Å². The maximum absolute atomic E-state index is 13.8. The second kappa shape index (κ2) is 5.19. The molecule has 1 atom stereocenters. The van der Waals surface area contributed by atoms with Gasteiger partial charge < -0.3 is 10.5 Å². The highest BCUT2D eigenvalue weighted by Crippen LogP contribution is 2.30. The second-order valence-corrected chi connectivity index (χ2v) is 5.00. The van der Waals surface area contributed by atoms with Gasteiger partial charge in [-0.2, -0.15) is 0 Å². The molecule has 2 aromatic rings. The average Bonchev–Trinajstić information content (AvgIpc) is 2.38. The molecule has 0 aliphatic heterocycles. The fraction of sp³-hybridized carbons (Fsp3) is 0.200. The molecule has 0 heterocycles. The Balaban J connectivity index is 2.47. The van der Waals surface area contributed by atoms with Gasteiger partial charge in [0.25, 0.3) is 0 Å². The van der Waals surface area contributed by atoms with Crippen LogP contribution in [-0.4, -0.2) is 7.11 Å². The Kier molecular flexibility index (Phi) is 3.78. The molecule has 0 aromatic heterocycles. The Labute approximate surface area is 117 Å². The van der Waals surface area contributed by atoms with E-state index in [0.29, 0.717) is 10.6 Å². The van der Waals surface area contributed by atoms with E-state index in [9.17, 15) is 4.39 Å². The first-order chi connectivity index (χ1) is 8.95. The summed E-state index contributed by atoms with van der Waals surface area (Å²) >= 11 is 5.97. The maximum Gasteiger partial charge on any atom is 0.165 e. The molecule has 0 aliphatic carbocycles. The summed E-state index contributed by atoms with van der Waals surface area (Å²) in [5, 5.41) is 0.600. The molecule has 0 fully saturated rings. The highest BCUT2D eigenvalue weighted by Gasteiger charge is 2.25. The molecule has 0 amide bonds. The summed E-state index contributed by atoms with van der Waals surface area (Å²) < 4.78 is 18.7. The van der Waals surface area contributed by atoms with Crippen LogP contribution in [0, 0.1) is 5.82 Å². The Bertz CT molecular complexity index is 598. The van der Waals surface area contributed by atoms with E-state index in [1.54, 1.807) is 24.3 Å². The van der Waals surface area contributed by atoms with E-state index >= 15 is 0 Å². The summed E-state index contributed by atoms with van der Waals surface area (Å²) in [5.74, 6) is -0.232. The first-order valence-corrected chi connectivity index (χ1v) is 6.22. The van der Waals surface area contributed by atoms with Crippen molar-refractivity contribution >= 4 is 11.6 Å². The third kappa shape index (κ3) is 2.72. The summed E-state index contributed by atoms with van der Waals surface area (Å²) in [7, 11) is 1.43. The summed E-state index contributed by atoms with van der Waals surface area (Å²) in [6.45, 7) is 1.82. The highest BCUT2D eigenvalue weighted by molar-refractivity contribution is 6.30. The number of halogens is 2. The van der Waals surface area contributed by atoms with E-state index in [1.807, 2.05) is 19.1 Å². The second-order valence-electron chi connectivity index (χ2n) is 4.56. The van der Waals surface area contributed by atoms with E-state index in [2.05, 4.69) is 0 Å². The molecular formula is C15H15ClFNO. The van der Waals surface area contributed by atoms with Crippen LogP contribution in [0.25, 0.3) is 0 Å². The van der Waals surface area contributed by atoms with Crippen molar-refractivity contribution in [2.24, 2.45) is 5.73 Å². The predicted octanol–water partition coefficient (Wildman–Crippen LogP) is 3.71. The van der Waals surface area contributed by atoms with Gasteiger partial charge in [-0.25, -0.2) is 4.39 Å². The van der Waals surface area contributed by atoms with Crippen molar-refractivity contribution in [3.63, 3.8) is 0 Å². The Morgan fingerprint density at radius 2 is 1.84 bits per heavy atom. The van der Waals surface area contributed by atoms with Crippen LogP contribution in [0.15, 0.2) is 42.5 Å². The average molecular weight is 280 g/mol. The third-order valence-electron chi connectivity index (χ3n) is 3.18. The van der Waals surface area contributed by atoms with Crippen molar-refractivity contribution in [2.45, 2.75) is 12.5 Å². The zero-order chi connectivity index (χ0) is 14.0. The van der Waals surface area contributed by atoms with Crippen molar-refractivity contribution in [2.75, 3.05) is 7.11 Å². The molecule has 2 nitrogen and oxygen atoms in total. The number of nitrogens with two attached hydrogens (primary N) is 1. The maximum atomic E-state index is 13.8. The fourth-order valence-corrected chi connectivity index (χ4v) is 2.16. The van der Waals surface area contributed by atoms with Crippen LogP contribution < -0.4 is 10.5 Å². The van der Waals surface area contributed by atoms with Gasteiger partial charge >= 0.3 is 0 Å². The summed E-state index contributed by atoms with van der Waals surface area (Å²) in [6, 6.07) is 12.0. The Morgan fingerprint density at radius 3 is 2.42 bits per heavy atom. The van der Waals surface area contributed by atoms with E-state index in [0.717, 1.165) is 5.56 Å². The SMILES string of the molecule is COc1ccc(C(C)(N)c2cccc(Cl)c2)cc1F. The normalized spacial score (nSPS) is 13.9. The molecule has 2 rings (SSSR count). The topological polar surface area (TPSA) is 35.2 Å². The van der Waals surface area contributed by atoms with Gasteiger partial charge in [0, 0.05) is 5.02 Å². The van der Waals surface area contributed by atoms with Crippen LogP contribution in [0.3, 0.4) is 0 Å². The highest BCUT2D eigenvalue weighted by atomic mass is 35.5. The lowest BCUT2D eigenvalue weighted by Crippen LogP contribution is -2.34. The third-order valence-corrected chi connectivity index (χ3v) is 3.41. The molecule has 1 unspecified atom stereocenters. The van der Waals surface area contributed by atoms with E-state index in [1.165, 1.54) is 13.2 Å². The number of ether oxygens (including phenoxy) is 1. The van der Waals surface area contributed by atoms with Crippen LogP contribution in [0.5, 0.6) is 5.75 Å².